The highest BCUT2D eigenvalue weighted by Crippen LogP contribution is 2.33. The molecule has 0 unspecified atom stereocenters. The predicted molar refractivity (Wildman–Crippen MR) is 106 cm³/mol. The van der Waals surface area contributed by atoms with Crippen molar-refractivity contribution in [3.05, 3.63) is 52.0 Å². The molecule has 2 aromatic rings. The molecule has 3 rings (SSSR count). The molecule has 142 valence electrons. The Hall–Kier alpha value is -1.47. The number of benzene rings is 2. The molecule has 0 saturated carbocycles. The molecule has 0 radical (unpaired) electrons. The van der Waals surface area contributed by atoms with Crippen molar-refractivity contribution >= 4 is 45.3 Å². The van der Waals surface area contributed by atoms with Gasteiger partial charge in [-0.2, -0.15) is 9.57 Å². The minimum absolute atomic E-state index is 0.0431. The van der Waals surface area contributed by atoms with E-state index >= 15 is 0 Å². The standard InChI is InChI=1S/C17H15Cl2N3O3S2/c18-13-8-14(19)10-15(9-13)25-26-16-2-1-12(11-20)7-17(16)27(23,24)22-5-3-21-4-6-22/h1-2,7-10,21H,3-6H2. The third-order valence-electron chi connectivity index (χ3n) is 3.83. The second-order valence-corrected chi connectivity index (χ2v) is 9.25. The van der Waals surface area contributed by atoms with Crippen molar-refractivity contribution in [1.82, 2.24) is 9.62 Å². The molecule has 1 heterocycles. The van der Waals surface area contributed by atoms with Crippen molar-refractivity contribution in [2.24, 2.45) is 0 Å². The van der Waals surface area contributed by atoms with Crippen LogP contribution in [0.5, 0.6) is 5.75 Å². The molecule has 10 heteroatoms. The van der Waals surface area contributed by atoms with E-state index in [9.17, 15) is 8.42 Å². The average Bonchev–Trinajstić information content (AvgIpc) is 2.66. The molecule has 1 aliphatic rings. The van der Waals surface area contributed by atoms with Gasteiger partial charge in [0.1, 0.15) is 10.6 Å². The predicted octanol–water partition coefficient (Wildman–Crippen LogP) is 3.55. The summed E-state index contributed by atoms with van der Waals surface area (Å²) in [5, 5.41) is 13.1. The van der Waals surface area contributed by atoms with Gasteiger partial charge in [-0.3, -0.25) is 0 Å². The largest absolute Gasteiger partial charge is 0.420 e. The Morgan fingerprint density at radius 1 is 1.11 bits per heavy atom. The summed E-state index contributed by atoms with van der Waals surface area (Å²) in [7, 11) is -3.76. The summed E-state index contributed by atoms with van der Waals surface area (Å²) in [5.41, 5.74) is 0.263. The molecule has 0 amide bonds. The summed E-state index contributed by atoms with van der Waals surface area (Å²) >= 11 is 12.8. The van der Waals surface area contributed by atoms with Gasteiger partial charge in [-0.1, -0.05) is 23.2 Å². The van der Waals surface area contributed by atoms with E-state index in [-0.39, 0.29) is 10.5 Å². The zero-order valence-corrected chi connectivity index (χ0v) is 17.1. The summed E-state index contributed by atoms with van der Waals surface area (Å²) in [6.07, 6.45) is 0. The van der Waals surface area contributed by atoms with Crippen LogP contribution in [-0.2, 0) is 10.0 Å². The monoisotopic (exact) mass is 443 g/mol. The van der Waals surface area contributed by atoms with Gasteiger partial charge < -0.3 is 9.50 Å². The van der Waals surface area contributed by atoms with Gasteiger partial charge in [0.05, 0.1) is 28.6 Å². The van der Waals surface area contributed by atoms with Gasteiger partial charge in [0.25, 0.3) is 0 Å². The van der Waals surface area contributed by atoms with Crippen molar-refractivity contribution in [2.45, 2.75) is 9.79 Å². The minimum Gasteiger partial charge on any atom is -0.420 e. The van der Waals surface area contributed by atoms with Gasteiger partial charge >= 0.3 is 0 Å². The van der Waals surface area contributed by atoms with E-state index < -0.39 is 10.0 Å². The Balaban J connectivity index is 1.92. The molecular formula is C17H15Cl2N3O3S2. The number of hydrogen-bond acceptors (Lipinski definition) is 6. The van der Waals surface area contributed by atoms with E-state index in [1.165, 1.54) is 10.4 Å². The Morgan fingerprint density at radius 2 is 1.78 bits per heavy atom. The van der Waals surface area contributed by atoms with Crippen LogP contribution in [-0.4, -0.2) is 38.9 Å². The van der Waals surface area contributed by atoms with Crippen LogP contribution >= 0.6 is 35.2 Å². The first-order valence-electron chi connectivity index (χ1n) is 7.96. The number of nitrogens with one attached hydrogen (secondary N) is 1. The number of hydrogen-bond donors (Lipinski definition) is 1. The smallest absolute Gasteiger partial charge is 0.244 e. The topological polar surface area (TPSA) is 82.4 Å². The van der Waals surface area contributed by atoms with Crippen LogP contribution in [0.15, 0.2) is 46.2 Å². The third-order valence-corrected chi connectivity index (χ3v) is 7.15. The quantitative estimate of drug-likeness (QED) is 0.711. The number of halogens is 2. The van der Waals surface area contributed by atoms with E-state index in [2.05, 4.69) is 5.32 Å². The molecule has 1 saturated heterocycles. The Morgan fingerprint density at radius 3 is 2.41 bits per heavy atom. The minimum atomic E-state index is -3.76. The normalized spacial score (nSPS) is 15.3. The van der Waals surface area contributed by atoms with Crippen molar-refractivity contribution in [1.29, 1.82) is 5.26 Å². The van der Waals surface area contributed by atoms with Gasteiger partial charge in [-0.15, -0.1) is 0 Å². The molecule has 1 aliphatic heterocycles. The molecule has 1 N–H and O–H groups in total. The number of sulfonamides is 1. The highest BCUT2D eigenvalue weighted by atomic mass is 35.5. The molecular weight excluding hydrogens is 429 g/mol. The van der Waals surface area contributed by atoms with Crippen molar-refractivity contribution in [2.75, 3.05) is 26.2 Å². The zero-order chi connectivity index (χ0) is 19.4. The van der Waals surface area contributed by atoms with Crippen molar-refractivity contribution in [3.63, 3.8) is 0 Å². The number of nitrogens with zero attached hydrogens (tertiary/aromatic N) is 2. The lowest BCUT2D eigenvalue weighted by Crippen LogP contribution is -2.46. The van der Waals surface area contributed by atoms with Crippen LogP contribution in [0.25, 0.3) is 0 Å². The highest BCUT2D eigenvalue weighted by Gasteiger charge is 2.29. The highest BCUT2D eigenvalue weighted by molar-refractivity contribution is 7.96. The first-order valence-corrected chi connectivity index (χ1v) is 10.9. The first-order chi connectivity index (χ1) is 12.9. The van der Waals surface area contributed by atoms with Gasteiger partial charge in [-0.05, 0) is 24.3 Å². The molecule has 0 atom stereocenters. The molecule has 0 aromatic heterocycles. The van der Waals surface area contributed by atoms with Crippen LogP contribution in [0.3, 0.4) is 0 Å². The lowest BCUT2D eigenvalue weighted by atomic mass is 10.2. The van der Waals surface area contributed by atoms with Gasteiger partial charge in [-0.25, -0.2) is 8.42 Å². The summed E-state index contributed by atoms with van der Waals surface area (Å²) in [6.45, 7) is 1.90. The summed E-state index contributed by atoms with van der Waals surface area (Å²) < 4.78 is 33.2. The van der Waals surface area contributed by atoms with Crippen LogP contribution in [0.4, 0.5) is 0 Å². The average molecular weight is 444 g/mol. The number of nitriles is 1. The Kier molecular flexibility index (Phi) is 6.52. The summed E-state index contributed by atoms with van der Waals surface area (Å²) in [5.74, 6) is 0.396. The van der Waals surface area contributed by atoms with Crippen LogP contribution in [0, 0.1) is 11.3 Å². The van der Waals surface area contributed by atoms with Crippen LogP contribution in [0.2, 0.25) is 10.0 Å². The molecule has 0 spiro atoms. The van der Waals surface area contributed by atoms with E-state index in [1.54, 1.807) is 30.3 Å². The molecule has 6 nitrogen and oxygen atoms in total. The fraction of sp³-hybridized carbons (Fsp3) is 0.235. The maximum atomic E-state index is 13.1. The van der Waals surface area contributed by atoms with Gasteiger partial charge in [0.2, 0.25) is 10.0 Å². The maximum absolute atomic E-state index is 13.1. The second kappa shape index (κ2) is 8.69. The number of rotatable bonds is 5. The lowest BCUT2D eigenvalue weighted by Gasteiger charge is -2.27. The fourth-order valence-corrected chi connectivity index (χ4v) is 5.55. The van der Waals surface area contributed by atoms with Gasteiger partial charge in [0.15, 0.2) is 0 Å². The second-order valence-electron chi connectivity index (χ2n) is 5.70. The van der Waals surface area contributed by atoms with Crippen LogP contribution in [0.1, 0.15) is 5.56 Å². The van der Waals surface area contributed by atoms with Crippen molar-refractivity contribution in [3.8, 4) is 11.8 Å². The van der Waals surface area contributed by atoms with E-state index in [4.69, 9.17) is 32.6 Å². The van der Waals surface area contributed by atoms with E-state index in [1.807, 2.05) is 6.07 Å². The molecule has 0 aliphatic carbocycles. The molecule has 1 fully saturated rings. The zero-order valence-electron chi connectivity index (χ0n) is 14.0. The number of piperazine rings is 1. The third kappa shape index (κ3) is 4.88. The SMILES string of the molecule is N#Cc1ccc(SOc2cc(Cl)cc(Cl)c2)c(S(=O)(=O)N2CCNCC2)c1. The fourth-order valence-electron chi connectivity index (χ4n) is 2.54. The van der Waals surface area contributed by atoms with Crippen molar-refractivity contribution < 1.29 is 12.6 Å². The van der Waals surface area contributed by atoms with E-state index in [0.29, 0.717) is 46.9 Å². The van der Waals surface area contributed by atoms with Gasteiger partial charge in [0, 0.05) is 48.4 Å². The molecule has 2 aromatic carbocycles. The first kappa shape index (κ1) is 20.3. The molecule has 0 bridgehead atoms. The molecule has 27 heavy (non-hydrogen) atoms. The summed E-state index contributed by atoms with van der Waals surface area (Å²) in [4.78, 5) is 0.421. The van der Waals surface area contributed by atoms with E-state index in [0.717, 1.165) is 12.0 Å². The maximum Gasteiger partial charge on any atom is 0.244 e. The Labute approximate surface area is 172 Å². The van der Waals surface area contributed by atoms with Crippen LogP contribution < -0.4 is 9.50 Å². The lowest BCUT2D eigenvalue weighted by molar-refractivity contribution is 0.359. The Bertz CT molecular complexity index is 967. The summed E-state index contributed by atoms with van der Waals surface area (Å²) in [6, 6.07) is 11.2.